The molecule has 4 atom stereocenters. The van der Waals surface area contributed by atoms with E-state index < -0.39 is 16.1 Å². The lowest BCUT2D eigenvalue weighted by atomic mass is 10.0. The molecule has 1 aromatic carbocycles. The molecule has 0 aromatic heterocycles. The van der Waals surface area contributed by atoms with Crippen LogP contribution in [0.15, 0.2) is 18.2 Å². The predicted molar refractivity (Wildman–Crippen MR) is 134 cm³/mol. The maximum atomic E-state index is 13.8. The van der Waals surface area contributed by atoms with Crippen LogP contribution in [-0.4, -0.2) is 94.1 Å². The standard InChI is InChI=1S/C24H41N3O6S/c1-17-14-27(18(2)16-28)24(29)21-13-20(25-34(6,30)31)10-11-22(21)33-19(3)9-7-8-12-32-23(17)15-26(4)5/h10-11,13,17-19,23,25,28H,7-9,12,14-16H2,1-6H3/t17-,18-,19-,23-/m1/s1. The van der Waals surface area contributed by atoms with Crippen LogP contribution in [0.3, 0.4) is 0 Å². The first-order valence-electron chi connectivity index (χ1n) is 11.9. The van der Waals surface area contributed by atoms with Crippen LogP contribution in [0.2, 0.25) is 0 Å². The molecule has 1 aliphatic rings. The number of nitrogens with zero attached hydrogens (tertiary/aromatic N) is 2. The molecule has 0 spiro atoms. The highest BCUT2D eigenvalue weighted by Crippen LogP contribution is 2.28. The molecule has 0 saturated heterocycles. The first-order chi connectivity index (χ1) is 15.9. The minimum absolute atomic E-state index is 0.00362. The number of carbonyl (C=O) groups is 1. The van der Waals surface area contributed by atoms with Crippen molar-refractivity contribution in [2.75, 3.05) is 51.4 Å². The topological polar surface area (TPSA) is 108 Å². The number of ether oxygens (including phenoxy) is 2. The van der Waals surface area contributed by atoms with E-state index >= 15 is 0 Å². The maximum Gasteiger partial charge on any atom is 0.258 e. The number of hydrogen-bond acceptors (Lipinski definition) is 7. The average molecular weight is 500 g/mol. The Hall–Kier alpha value is -1.88. The Morgan fingerprint density at radius 3 is 2.59 bits per heavy atom. The SMILES string of the molecule is C[C@@H]1CCCCO[C@H](CN(C)C)[C@H](C)CN([C@H](C)CO)C(=O)c2cc(NS(C)(=O)=O)ccc2O1. The Balaban J connectivity index is 2.51. The number of likely N-dealkylation sites (N-methyl/N-ethyl adjacent to an activating group) is 1. The van der Waals surface area contributed by atoms with Gasteiger partial charge in [0.25, 0.3) is 5.91 Å². The predicted octanol–water partition coefficient (Wildman–Crippen LogP) is 2.42. The number of anilines is 1. The Labute approximate surface area is 204 Å². The van der Waals surface area contributed by atoms with E-state index in [0.29, 0.717) is 18.9 Å². The number of amides is 1. The molecule has 0 saturated carbocycles. The van der Waals surface area contributed by atoms with E-state index in [1.54, 1.807) is 24.0 Å². The van der Waals surface area contributed by atoms with Gasteiger partial charge in [0.15, 0.2) is 0 Å². The van der Waals surface area contributed by atoms with Crippen LogP contribution in [0, 0.1) is 5.92 Å². The fourth-order valence-corrected chi connectivity index (χ4v) is 4.58. The van der Waals surface area contributed by atoms with Crippen molar-refractivity contribution in [3.63, 3.8) is 0 Å². The van der Waals surface area contributed by atoms with Crippen LogP contribution in [0.25, 0.3) is 0 Å². The first-order valence-corrected chi connectivity index (χ1v) is 13.8. The molecule has 0 bridgehead atoms. The summed E-state index contributed by atoms with van der Waals surface area (Å²) < 4.78 is 38.3. The number of carbonyl (C=O) groups excluding carboxylic acids is 1. The highest BCUT2D eigenvalue weighted by atomic mass is 32.2. The highest BCUT2D eigenvalue weighted by molar-refractivity contribution is 7.92. The van der Waals surface area contributed by atoms with Crippen molar-refractivity contribution in [3.05, 3.63) is 23.8 Å². The van der Waals surface area contributed by atoms with Gasteiger partial charge in [0.05, 0.1) is 36.7 Å². The lowest BCUT2D eigenvalue weighted by Gasteiger charge is -2.35. The summed E-state index contributed by atoms with van der Waals surface area (Å²) in [6.07, 6.45) is 3.48. The number of aliphatic hydroxyl groups is 1. The summed E-state index contributed by atoms with van der Waals surface area (Å²) in [7, 11) is 0.465. The van der Waals surface area contributed by atoms with E-state index in [4.69, 9.17) is 9.47 Å². The molecule has 1 amide bonds. The molecular weight excluding hydrogens is 458 g/mol. The molecule has 1 aliphatic heterocycles. The first kappa shape index (κ1) is 28.4. The Morgan fingerprint density at radius 2 is 1.97 bits per heavy atom. The van der Waals surface area contributed by atoms with E-state index in [1.165, 1.54) is 6.07 Å². The van der Waals surface area contributed by atoms with Crippen LogP contribution in [0.4, 0.5) is 5.69 Å². The minimum atomic E-state index is -3.52. The Kier molecular flexibility index (Phi) is 10.6. The van der Waals surface area contributed by atoms with Crippen molar-refractivity contribution in [1.29, 1.82) is 0 Å². The summed E-state index contributed by atoms with van der Waals surface area (Å²) in [6, 6.07) is 4.28. The van der Waals surface area contributed by atoms with Crippen molar-refractivity contribution in [2.24, 2.45) is 5.92 Å². The number of fused-ring (bicyclic) bond motifs is 1. The number of rotatable bonds is 6. The van der Waals surface area contributed by atoms with Gasteiger partial charge in [-0.2, -0.15) is 0 Å². The molecule has 0 unspecified atom stereocenters. The van der Waals surface area contributed by atoms with Crippen LogP contribution in [0.1, 0.15) is 50.4 Å². The second-order valence-electron chi connectivity index (χ2n) is 9.65. The van der Waals surface area contributed by atoms with Crippen LogP contribution in [0.5, 0.6) is 5.75 Å². The Bertz CT molecular complexity index is 908. The normalized spacial score (nSPS) is 24.2. The van der Waals surface area contributed by atoms with Gasteiger partial charge in [-0.05, 0) is 65.4 Å². The lowest BCUT2D eigenvalue weighted by molar-refractivity contribution is -0.0137. The molecule has 0 fully saturated rings. The summed E-state index contributed by atoms with van der Waals surface area (Å²) in [6.45, 7) is 7.31. The van der Waals surface area contributed by atoms with Crippen molar-refractivity contribution in [1.82, 2.24) is 9.80 Å². The van der Waals surface area contributed by atoms with E-state index in [1.807, 2.05) is 27.9 Å². The van der Waals surface area contributed by atoms with Crippen LogP contribution >= 0.6 is 0 Å². The van der Waals surface area contributed by atoms with E-state index in [0.717, 1.165) is 32.1 Å². The van der Waals surface area contributed by atoms with Gasteiger partial charge >= 0.3 is 0 Å². The third-order valence-electron chi connectivity index (χ3n) is 5.90. The molecule has 2 N–H and O–H groups in total. The number of benzene rings is 1. The number of aliphatic hydroxyl groups excluding tert-OH is 1. The maximum absolute atomic E-state index is 13.8. The van der Waals surface area contributed by atoms with Crippen molar-refractivity contribution < 1.29 is 27.8 Å². The van der Waals surface area contributed by atoms with Crippen molar-refractivity contribution >= 4 is 21.6 Å². The summed E-state index contributed by atoms with van der Waals surface area (Å²) in [5.74, 6) is 0.0785. The molecule has 0 aliphatic carbocycles. The molecule has 2 rings (SSSR count). The van der Waals surface area contributed by atoms with Gasteiger partial charge in [-0.25, -0.2) is 8.42 Å². The molecule has 34 heavy (non-hydrogen) atoms. The monoisotopic (exact) mass is 499 g/mol. The molecule has 1 heterocycles. The second kappa shape index (κ2) is 12.7. The van der Waals surface area contributed by atoms with E-state index in [9.17, 15) is 18.3 Å². The lowest BCUT2D eigenvalue weighted by Crippen LogP contribution is -2.47. The Morgan fingerprint density at radius 1 is 1.26 bits per heavy atom. The van der Waals surface area contributed by atoms with Crippen molar-refractivity contribution in [2.45, 2.75) is 58.3 Å². The molecular formula is C24H41N3O6S. The summed E-state index contributed by atoms with van der Waals surface area (Å²) in [5, 5.41) is 9.91. The summed E-state index contributed by atoms with van der Waals surface area (Å²) in [4.78, 5) is 17.5. The van der Waals surface area contributed by atoms with Gasteiger partial charge in [0.2, 0.25) is 10.0 Å². The number of sulfonamides is 1. The van der Waals surface area contributed by atoms with Crippen molar-refractivity contribution in [3.8, 4) is 5.75 Å². The zero-order chi connectivity index (χ0) is 25.5. The number of nitrogens with one attached hydrogen (secondary N) is 1. The molecule has 9 nitrogen and oxygen atoms in total. The van der Waals surface area contributed by atoms with Crippen LogP contribution in [-0.2, 0) is 14.8 Å². The highest BCUT2D eigenvalue weighted by Gasteiger charge is 2.30. The number of hydrogen-bond donors (Lipinski definition) is 2. The molecule has 0 radical (unpaired) electrons. The summed E-state index contributed by atoms with van der Waals surface area (Å²) >= 11 is 0. The summed E-state index contributed by atoms with van der Waals surface area (Å²) in [5.41, 5.74) is 0.542. The molecule has 1 aromatic rings. The smallest absolute Gasteiger partial charge is 0.258 e. The second-order valence-corrected chi connectivity index (χ2v) is 11.4. The zero-order valence-electron chi connectivity index (χ0n) is 21.3. The third kappa shape index (κ3) is 8.72. The van der Waals surface area contributed by atoms with E-state index in [-0.39, 0.29) is 41.9 Å². The third-order valence-corrected chi connectivity index (χ3v) is 6.51. The van der Waals surface area contributed by atoms with Gasteiger partial charge in [0.1, 0.15) is 5.75 Å². The largest absolute Gasteiger partial charge is 0.490 e. The molecule has 194 valence electrons. The average Bonchev–Trinajstić information content (AvgIpc) is 2.74. The van der Waals surface area contributed by atoms with Gasteiger partial charge in [-0.15, -0.1) is 0 Å². The van der Waals surface area contributed by atoms with Gasteiger partial charge < -0.3 is 24.4 Å². The zero-order valence-corrected chi connectivity index (χ0v) is 22.1. The van der Waals surface area contributed by atoms with E-state index in [2.05, 4.69) is 9.62 Å². The fourth-order valence-electron chi connectivity index (χ4n) is 4.02. The van der Waals surface area contributed by atoms with Gasteiger partial charge in [-0.1, -0.05) is 6.92 Å². The van der Waals surface area contributed by atoms with Crippen LogP contribution < -0.4 is 9.46 Å². The quantitative estimate of drug-likeness (QED) is 0.619. The fraction of sp³-hybridized carbons (Fsp3) is 0.708. The molecule has 10 heteroatoms. The van der Waals surface area contributed by atoms with Gasteiger partial charge in [-0.3, -0.25) is 9.52 Å². The van der Waals surface area contributed by atoms with Gasteiger partial charge in [0, 0.05) is 31.3 Å². The minimum Gasteiger partial charge on any atom is -0.490 e.